The molecule has 2 aromatic rings. The first kappa shape index (κ1) is 22.4. The normalized spacial score (nSPS) is 13.6. The van der Waals surface area contributed by atoms with E-state index in [4.69, 9.17) is 27.9 Å². The van der Waals surface area contributed by atoms with Gasteiger partial charge in [0.05, 0.1) is 22.2 Å². The third-order valence-corrected chi connectivity index (χ3v) is 4.94. The molecule has 2 rings (SSSR count). The fourth-order valence-corrected chi connectivity index (χ4v) is 3.91. The lowest BCUT2D eigenvalue weighted by Gasteiger charge is -2.24. The second-order valence-corrected chi connectivity index (χ2v) is 9.12. The minimum atomic E-state index is -1.11. The molecule has 0 aliphatic heterocycles. The van der Waals surface area contributed by atoms with Crippen molar-refractivity contribution in [3.8, 4) is 0 Å². The number of benzene rings is 2. The molecule has 0 saturated carbocycles. The van der Waals surface area contributed by atoms with Gasteiger partial charge in [0.1, 0.15) is 5.92 Å². The van der Waals surface area contributed by atoms with Crippen molar-refractivity contribution in [3.05, 3.63) is 69.7 Å². The molecule has 3 nitrogen and oxygen atoms in total. The summed E-state index contributed by atoms with van der Waals surface area (Å²) < 4.78 is 5.54. The van der Waals surface area contributed by atoms with Crippen molar-refractivity contribution >= 4 is 35.0 Å². The third-order valence-electron chi connectivity index (χ3n) is 4.31. The molecule has 2 unspecified atom stereocenters. The minimum Gasteiger partial charge on any atom is -0.465 e. The maximum absolute atomic E-state index is 13.2. The number of rotatable bonds is 7. The van der Waals surface area contributed by atoms with Crippen LogP contribution in [0.2, 0.25) is 10.0 Å². The minimum absolute atomic E-state index is 0.131. The standard InChI is InChI=1S/C23H26Cl2O3/c1-15(13-23(2,3)4)14-28-22(27)19(16-9-6-5-7-10-16)21(26)20-17(24)11-8-12-18(20)25/h5-12,15,19H,13-14H2,1-4H3. The van der Waals surface area contributed by atoms with Crippen molar-refractivity contribution in [2.24, 2.45) is 11.3 Å². The highest BCUT2D eigenvalue weighted by Crippen LogP contribution is 2.32. The molecule has 0 spiro atoms. The number of halogens is 2. The molecule has 28 heavy (non-hydrogen) atoms. The number of hydrogen-bond acceptors (Lipinski definition) is 3. The predicted octanol–water partition coefficient (Wildman–Crippen LogP) is 6.58. The molecule has 0 aromatic heterocycles. The topological polar surface area (TPSA) is 43.4 Å². The molecule has 0 saturated heterocycles. The summed E-state index contributed by atoms with van der Waals surface area (Å²) >= 11 is 12.4. The summed E-state index contributed by atoms with van der Waals surface area (Å²) in [4.78, 5) is 26.2. The number of ketones is 1. The van der Waals surface area contributed by atoms with Crippen LogP contribution in [0.5, 0.6) is 0 Å². The number of carbonyl (C=O) groups is 2. The summed E-state index contributed by atoms with van der Waals surface area (Å²) in [6.45, 7) is 8.70. The van der Waals surface area contributed by atoms with E-state index in [1.807, 2.05) is 13.0 Å². The summed E-state index contributed by atoms with van der Waals surface area (Å²) in [6.07, 6.45) is 0.903. The van der Waals surface area contributed by atoms with Gasteiger partial charge in [-0.25, -0.2) is 0 Å². The van der Waals surface area contributed by atoms with Gasteiger partial charge in [0.15, 0.2) is 5.78 Å². The third kappa shape index (κ3) is 6.08. The van der Waals surface area contributed by atoms with E-state index in [0.717, 1.165) is 6.42 Å². The fraction of sp³-hybridized carbons (Fsp3) is 0.391. The Hall–Kier alpha value is -1.84. The van der Waals surface area contributed by atoms with Gasteiger partial charge in [-0.1, -0.05) is 87.3 Å². The maximum atomic E-state index is 13.2. The van der Waals surface area contributed by atoms with Gasteiger partial charge in [0.2, 0.25) is 0 Å². The highest BCUT2D eigenvalue weighted by molar-refractivity contribution is 6.40. The van der Waals surface area contributed by atoms with Gasteiger partial charge in [-0.2, -0.15) is 0 Å². The molecule has 150 valence electrons. The largest absolute Gasteiger partial charge is 0.465 e. The van der Waals surface area contributed by atoms with E-state index in [2.05, 4.69) is 20.8 Å². The van der Waals surface area contributed by atoms with Crippen LogP contribution < -0.4 is 0 Å². The molecule has 5 heteroatoms. The molecule has 2 atom stereocenters. The summed E-state index contributed by atoms with van der Waals surface area (Å²) in [5, 5.41) is 0.430. The van der Waals surface area contributed by atoms with Crippen molar-refractivity contribution in [1.82, 2.24) is 0 Å². The number of Topliss-reactive ketones (excluding diaryl/α,β-unsaturated/α-hetero) is 1. The van der Waals surface area contributed by atoms with Crippen LogP contribution in [0.3, 0.4) is 0 Å². The van der Waals surface area contributed by atoms with Gasteiger partial charge in [-0.3, -0.25) is 9.59 Å². The number of esters is 1. The Morgan fingerprint density at radius 2 is 1.54 bits per heavy atom. The average Bonchev–Trinajstić information content (AvgIpc) is 2.59. The summed E-state index contributed by atoms with van der Waals surface area (Å²) in [5.41, 5.74) is 0.822. The van der Waals surface area contributed by atoms with Crippen LogP contribution in [0.1, 0.15) is 56.0 Å². The zero-order chi connectivity index (χ0) is 20.9. The number of carbonyl (C=O) groups excluding carboxylic acids is 2. The lowest BCUT2D eigenvalue weighted by Crippen LogP contribution is -2.27. The van der Waals surface area contributed by atoms with Crippen LogP contribution in [0.25, 0.3) is 0 Å². The Balaban J connectivity index is 2.28. The molecule has 0 bridgehead atoms. The van der Waals surface area contributed by atoms with E-state index in [9.17, 15) is 9.59 Å². The quantitative estimate of drug-likeness (QED) is 0.288. The second-order valence-electron chi connectivity index (χ2n) is 8.30. The lowest BCUT2D eigenvalue weighted by atomic mass is 9.86. The molecule has 0 heterocycles. The molecule has 2 aromatic carbocycles. The van der Waals surface area contributed by atoms with E-state index in [1.54, 1.807) is 42.5 Å². The van der Waals surface area contributed by atoms with Gasteiger partial charge in [-0.05, 0) is 35.4 Å². The number of ether oxygens (including phenoxy) is 1. The smallest absolute Gasteiger partial charge is 0.321 e. The Labute approximate surface area is 177 Å². The van der Waals surface area contributed by atoms with Gasteiger partial charge < -0.3 is 4.74 Å². The Kier molecular flexibility index (Phi) is 7.68. The summed E-state index contributed by atoms with van der Waals surface area (Å²) in [6, 6.07) is 13.7. The Bertz CT molecular complexity index is 805. The van der Waals surface area contributed by atoms with E-state index in [1.165, 1.54) is 0 Å². The van der Waals surface area contributed by atoms with Crippen molar-refractivity contribution in [1.29, 1.82) is 0 Å². The van der Waals surface area contributed by atoms with Crippen LogP contribution in [-0.4, -0.2) is 18.4 Å². The maximum Gasteiger partial charge on any atom is 0.321 e. The second kappa shape index (κ2) is 9.58. The van der Waals surface area contributed by atoms with Crippen LogP contribution in [0.15, 0.2) is 48.5 Å². The van der Waals surface area contributed by atoms with Crippen molar-refractivity contribution in [2.75, 3.05) is 6.61 Å². The average molecular weight is 421 g/mol. The molecule has 0 radical (unpaired) electrons. The summed E-state index contributed by atoms with van der Waals surface area (Å²) in [7, 11) is 0. The molecular weight excluding hydrogens is 395 g/mol. The molecule has 0 fully saturated rings. The van der Waals surface area contributed by atoms with Crippen LogP contribution >= 0.6 is 23.2 Å². The predicted molar refractivity (Wildman–Crippen MR) is 114 cm³/mol. The fourth-order valence-electron chi connectivity index (χ4n) is 3.33. The van der Waals surface area contributed by atoms with Gasteiger partial charge >= 0.3 is 5.97 Å². The lowest BCUT2D eigenvalue weighted by molar-refractivity contribution is -0.145. The monoisotopic (exact) mass is 420 g/mol. The molecule has 0 aliphatic rings. The van der Waals surface area contributed by atoms with E-state index in [0.29, 0.717) is 5.56 Å². The first-order chi connectivity index (χ1) is 13.1. The van der Waals surface area contributed by atoms with Crippen molar-refractivity contribution in [3.63, 3.8) is 0 Å². The SMILES string of the molecule is CC(COC(=O)C(C(=O)c1c(Cl)cccc1Cl)c1ccccc1)CC(C)(C)C. The van der Waals surface area contributed by atoms with E-state index >= 15 is 0 Å². The summed E-state index contributed by atoms with van der Waals surface area (Å²) in [5.74, 6) is -1.98. The van der Waals surface area contributed by atoms with Gasteiger partial charge in [0, 0.05) is 0 Å². The number of hydrogen-bond donors (Lipinski definition) is 0. The first-order valence-electron chi connectivity index (χ1n) is 9.30. The molecular formula is C23H26Cl2O3. The van der Waals surface area contributed by atoms with E-state index in [-0.39, 0.29) is 33.5 Å². The van der Waals surface area contributed by atoms with E-state index < -0.39 is 17.7 Å². The van der Waals surface area contributed by atoms with Crippen LogP contribution in [-0.2, 0) is 9.53 Å². The molecule has 0 aliphatic carbocycles. The van der Waals surface area contributed by atoms with Gasteiger partial charge in [-0.15, -0.1) is 0 Å². The Morgan fingerprint density at radius 1 is 0.964 bits per heavy atom. The highest BCUT2D eigenvalue weighted by Gasteiger charge is 2.33. The van der Waals surface area contributed by atoms with Crippen LogP contribution in [0, 0.1) is 11.3 Å². The van der Waals surface area contributed by atoms with Gasteiger partial charge in [0.25, 0.3) is 0 Å². The first-order valence-corrected chi connectivity index (χ1v) is 10.1. The molecule has 0 N–H and O–H groups in total. The van der Waals surface area contributed by atoms with Crippen molar-refractivity contribution < 1.29 is 14.3 Å². The highest BCUT2D eigenvalue weighted by atomic mass is 35.5. The zero-order valence-corrected chi connectivity index (χ0v) is 18.2. The Morgan fingerprint density at radius 3 is 2.07 bits per heavy atom. The van der Waals surface area contributed by atoms with Crippen molar-refractivity contribution in [2.45, 2.75) is 40.0 Å². The molecule has 0 amide bonds. The zero-order valence-electron chi connectivity index (χ0n) is 16.7. The van der Waals surface area contributed by atoms with Crippen LogP contribution in [0.4, 0.5) is 0 Å².